The number of carbonyl (C=O) groups is 2. The second-order valence-electron chi connectivity index (χ2n) is 6.62. The SMILES string of the molecule is O=C(NCc1cccc(-c2nccs2)c1)[C@@]1(O)CCN(c2ccccc2)C1=O. The molecule has 6 nitrogen and oxygen atoms in total. The molecular weight excluding hydrogens is 374 g/mol. The minimum Gasteiger partial charge on any atom is -0.372 e. The molecule has 1 atom stereocenters. The number of rotatable bonds is 5. The molecule has 3 aromatic rings. The summed E-state index contributed by atoms with van der Waals surface area (Å²) in [5.74, 6) is -1.26. The maximum Gasteiger partial charge on any atom is 0.268 e. The van der Waals surface area contributed by atoms with Gasteiger partial charge in [-0.05, 0) is 23.8 Å². The molecule has 28 heavy (non-hydrogen) atoms. The summed E-state index contributed by atoms with van der Waals surface area (Å²) in [4.78, 5) is 31.1. The highest BCUT2D eigenvalue weighted by Gasteiger charge is 2.51. The lowest BCUT2D eigenvalue weighted by atomic mass is 10.0. The number of aromatic nitrogens is 1. The van der Waals surface area contributed by atoms with Crippen molar-refractivity contribution in [3.05, 3.63) is 71.7 Å². The summed E-state index contributed by atoms with van der Waals surface area (Å²) in [7, 11) is 0. The molecule has 2 heterocycles. The molecule has 0 radical (unpaired) electrons. The number of thiazole rings is 1. The zero-order valence-corrected chi connectivity index (χ0v) is 15.9. The Morgan fingerprint density at radius 1 is 1.21 bits per heavy atom. The molecule has 1 saturated heterocycles. The number of aliphatic hydroxyl groups is 1. The van der Waals surface area contributed by atoms with Gasteiger partial charge in [0, 0.05) is 42.3 Å². The molecule has 1 aromatic heterocycles. The highest BCUT2D eigenvalue weighted by molar-refractivity contribution is 7.13. The van der Waals surface area contributed by atoms with Gasteiger partial charge in [0.2, 0.25) is 5.60 Å². The zero-order chi connectivity index (χ0) is 19.6. The van der Waals surface area contributed by atoms with Crippen molar-refractivity contribution in [2.24, 2.45) is 0 Å². The normalized spacial score (nSPS) is 19.0. The van der Waals surface area contributed by atoms with E-state index >= 15 is 0 Å². The lowest BCUT2D eigenvalue weighted by Crippen LogP contribution is -2.52. The van der Waals surface area contributed by atoms with Crippen molar-refractivity contribution in [1.82, 2.24) is 10.3 Å². The molecule has 2 aromatic carbocycles. The van der Waals surface area contributed by atoms with E-state index in [-0.39, 0.29) is 13.0 Å². The first kappa shape index (κ1) is 18.3. The first-order chi connectivity index (χ1) is 13.6. The Bertz CT molecular complexity index is 991. The molecule has 4 rings (SSSR count). The van der Waals surface area contributed by atoms with Gasteiger partial charge in [-0.15, -0.1) is 11.3 Å². The third kappa shape index (κ3) is 3.42. The molecule has 0 bridgehead atoms. The van der Waals surface area contributed by atoms with Crippen LogP contribution in [0.4, 0.5) is 5.69 Å². The van der Waals surface area contributed by atoms with Crippen molar-refractivity contribution >= 4 is 28.8 Å². The van der Waals surface area contributed by atoms with Crippen molar-refractivity contribution in [3.63, 3.8) is 0 Å². The van der Waals surface area contributed by atoms with Crippen LogP contribution in [0.25, 0.3) is 10.6 Å². The van der Waals surface area contributed by atoms with Crippen LogP contribution in [0, 0.1) is 0 Å². The molecule has 0 unspecified atom stereocenters. The molecule has 142 valence electrons. The van der Waals surface area contributed by atoms with E-state index in [0.29, 0.717) is 12.2 Å². The van der Waals surface area contributed by atoms with E-state index in [0.717, 1.165) is 16.1 Å². The van der Waals surface area contributed by atoms with Gasteiger partial charge in [-0.25, -0.2) is 4.98 Å². The van der Waals surface area contributed by atoms with Crippen LogP contribution in [0.1, 0.15) is 12.0 Å². The van der Waals surface area contributed by atoms with Gasteiger partial charge in [0.15, 0.2) is 0 Å². The number of hydrogen-bond acceptors (Lipinski definition) is 5. The third-order valence-corrected chi connectivity index (χ3v) is 5.62. The molecule has 0 aliphatic carbocycles. The van der Waals surface area contributed by atoms with Gasteiger partial charge in [-0.1, -0.05) is 36.4 Å². The van der Waals surface area contributed by atoms with Gasteiger partial charge in [0.25, 0.3) is 11.8 Å². The van der Waals surface area contributed by atoms with Crippen LogP contribution < -0.4 is 10.2 Å². The Kier molecular flexibility index (Phi) is 4.93. The van der Waals surface area contributed by atoms with Crippen LogP contribution in [0.2, 0.25) is 0 Å². The second kappa shape index (κ2) is 7.53. The predicted octanol–water partition coefficient (Wildman–Crippen LogP) is 2.59. The van der Waals surface area contributed by atoms with Gasteiger partial charge >= 0.3 is 0 Å². The Labute approximate surface area is 166 Å². The third-order valence-electron chi connectivity index (χ3n) is 4.80. The minimum absolute atomic E-state index is 0.0612. The van der Waals surface area contributed by atoms with Gasteiger partial charge < -0.3 is 15.3 Å². The van der Waals surface area contributed by atoms with Crippen LogP contribution >= 0.6 is 11.3 Å². The maximum absolute atomic E-state index is 12.7. The van der Waals surface area contributed by atoms with Gasteiger partial charge in [-0.2, -0.15) is 0 Å². The number of amides is 2. The monoisotopic (exact) mass is 393 g/mol. The minimum atomic E-state index is -2.04. The largest absolute Gasteiger partial charge is 0.372 e. The summed E-state index contributed by atoms with van der Waals surface area (Å²) in [6, 6.07) is 16.7. The predicted molar refractivity (Wildman–Crippen MR) is 108 cm³/mol. The lowest BCUT2D eigenvalue weighted by molar-refractivity contribution is -0.149. The van der Waals surface area contributed by atoms with Crippen LogP contribution in [-0.2, 0) is 16.1 Å². The molecule has 0 saturated carbocycles. The molecule has 2 N–H and O–H groups in total. The van der Waals surface area contributed by atoms with E-state index in [1.165, 1.54) is 16.2 Å². The molecular formula is C21H19N3O3S. The fourth-order valence-electron chi connectivity index (χ4n) is 3.28. The van der Waals surface area contributed by atoms with Crippen LogP contribution in [0.3, 0.4) is 0 Å². The van der Waals surface area contributed by atoms with E-state index in [4.69, 9.17) is 0 Å². The van der Waals surface area contributed by atoms with Crippen molar-refractivity contribution in [3.8, 4) is 10.6 Å². The summed E-state index contributed by atoms with van der Waals surface area (Å²) >= 11 is 1.54. The number of nitrogens with zero attached hydrogens (tertiary/aromatic N) is 2. The Morgan fingerprint density at radius 2 is 2.04 bits per heavy atom. The first-order valence-electron chi connectivity index (χ1n) is 8.94. The van der Waals surface area contributed by atoms with E-state index in [1.54, 1.807) is 18.3 Å². The summed E-state index contributed by atoms with van der Waals surface area (Å²) in [6.07, 6.45) is 1.81. The fraction of sp³-hybridized carbons (Fsp3) is 0.190. The number of anilines is 1. The smallest absolute Gasteiger partial charge is 0.268 e. The van der Waals surface area contributed by atoms with Gasteiger partial charge in [-0.3, -0.25) is 9.59 Å². The topological polar surface area (TPSA) is 82.5 Å². The number of hydrogen-bond donors (Lipinski definition) is 2. The van der Waals surface area contributed by atoms with Crippen LogP contribution in [-0.4, -0.2) is 34.1 Å². The molecule has 7 heteroatoms. The van der Waals surface area contributed by atoms with Gasteiger partial charge in [0.1, 0.15) is 5.01 Å². The average molecular weight is 393 g/mol. The quantitative estimate of drug-likeness (QED) is 0.653. The highest BCUT2D eigenvalue weighted by atomic mass is 32.1. The van der Waals surface area contributed by atoms with E-state index in [2.05, 4.69) is 10.3 Å². The standard InChI is InChI=1S/C21H19N3O3S/c25-19(21(27)9-11-24(20(21)26)17-7-2-1-3-8-17)23-14-15-5-4-6-16(13-15)18-22-10-12-28-18/h1-8,10,12-13,27H,9,11,14H2,(H,23,25)/t21-/m0/s1. The summed E-state index contributed by atoms with van der Waals surface area (Å²) < 4.78 is 0. The van der Waals surface area contributed by atoms with Gasteiger partial charge in [0.05, 0.1) is 0 Å². The number of benzene rings is 2. The van der Waals surface area contributed by atoms with Crippen LogP contribution in [0.5, 0.6) is 0 Å². The van der Waals surface area contributed by atoms with Crippen molar-refractivity contribution in [2.75, 3.05) is 11.4 Å². The van der Waals surface area contributed by atoms with Crippen molar-refractivity contribution < 1.29 is 14.7 Å². The molecule has 1 fully saturated rings. The fourth-order valence-corrected chi connectivity index (χ4v) is 3.91. The summed E-state index contributed by atoms with van der Waals surface area (Å²) in [5.41, 5.74) is 0.470. The summed E-state index contributed by atoms with van der Waals surface area (Å²) in [6.45, 7) is 0.519. The second-order valence-corrected chi connectivity index (χ2v) is 7.52. The van der Waals surface area contributed by atoms with E-state index in [9.17, 15) is 14.7 Å². The summed E-state index contributed by atoms with van der Waals surface area (Å²) in [5, 5.41) is 16.2. The highest BCUT2D eigenvalue weighted by Crippen LogP contribution is 2.28. The maximum atomic E-state index is 12.7. The van der Waals surface area contributed by atoms with Crippen molar-refractivity contribution in [1.29, 1.82) is 0 Å². The zero-order valence-electron chi connectivity index (χ0n) is 15.0. The number of nitrogens with one attached hydrogen (secondary N) is 1. The molecule has 2 amide bonds. The van der Waals surface area contributed by atoms with E-state index in [1.807, 2.05) is 47.8 Å². The molecule has 0 spiro atoms. The molecule has 1 aliphatic heterocycles. The van der Waals surface area contributed by atoms with Crippen molar-refractivity contribution in [2.45, 2.75) is 18.6 Å². The van der Waals surface area contributed by atoms with E-state index < -0.39 is 17.4 Å². The number of para-hydroxylation sites is 1. The molecule has 1 aliphatic rings. The lowest BCUT2D eigenvalue weighted by Gasteiger charge is -2.21. The Hall–Kier alpha value is -3.03. The Morgan fingerprint density at radius 3 is 2.79 bits per heavy atom. The number of carbonyl (C=O) groups excluding carboxylic acids is 2. The first-order valence-corrected chi connectivity index (χ1v) is 9.82. The average Bonchev–Trinajstić information content (AvgIpc) is 3.37. The van der Waals surface area contributed by atoms with Crippen LogP contribution in [0.15, 0.2) is 66.2 Å². The Balaban J connectivity index is 1.44.